The van der Waals surface area contributed by atoms with Crippen molar-refractivity contribution in [2.24, 2.45) is 0 Å². The molecule has 0 spiro atoms. The molecule has 0 fully saturated rings. The Morgan fingerprint density at radius 1 is 0.925 bits per heavy atom. The summed E-state index contributed by atoms with van der Waals surface area (Å²) in [6, 6.07) is 12.3. The van der Waals surface area contributed by atoms with Crippen LogP contribution in [-0.2, 0) is 5.92 Å². The summed E-state index contributed by atoms with van der Waals surface area (Å²) in [5.74, 6) is -4.46. The molecule has 0 radical (unpaired) electrons. The number of aromatic nitrogens is 2. The molecule has 4 aromatic rings. The molecule has 206 valence electrons. The van der Waals surface area contributed by atoms with Crippen LogP contribution in [0.15, 0.2) is 66.9 Å². The fourth-order valence-corrected chi connectivity index (χ4v) is 4.24. The van der Waals surface area contributed by atoms with Crippen LogP contribution in [0.5, 0.6) is 23.0 Å². The first kappa shape index (κ1) is 25.4. The van der Waals surface area contributed by atoms with Gasteiger partial charge in [0.2, 0.25) is 6.79 Å². The molecule has 0 atom stereocenters. The van der Waals surface area contributed by atoms with Gasteiger partial charge < -0.3 is 24.3 Å². The van der Waals surface area contributed by atoms with Crippen molar-refractivity contribution in [2.75, 3.05) is 12.1 Å². The van der Waals surface area contributed by atoms with E-state index < -0.39 is 36.0 Å². The third-order valence-corrected chi connectivity index (χ3v) is 6.13. The van der Waals surface area contributed by atoms with Gasteiger partial charge in [-0.3, -0.25) is 0 Å². The van der Waals surface area contributed by atoms with Gasteiger partial charge in [-0.25, -0.2) is 4.79 Å². The molecule has 0 bridgehead atoms. The van der Waals surface area contributed by atoms with E-state index in [0.717, 1.165) is 16.8 Å². The minimum absolute atomic E-state index is 0.0235. The van der Waals surface area contributed by atoms with E-state index in [1.165, 1.54) is 30.5 Å². The second kappa shape index (κ2) is 9.10. The summed E-state index contributed by atoms with van der Waals surface area (Å²) in [5.41, 5.74) is 0.374. The highest BCUT2D eigenvalue weighted by atomic mass is 19.3. The van der Waals surface area contributed by atoms with E-state index >= 15 is 0 Å². The lowest BCUT2D eigenvalue weighted by Gasteiger charge is -2.16. The van der Waals surface area contributed by atoms with Crippen molar-refractivity contribution in [3.05, 3.63) is 72.4 Å². The lowest BCUT2D eigenvalue weighted by molar-refractivity contribution is -0.296. The second-order valence-corrected chi connectivity index (χ2v) is 8.64. The van der Waals surface area contributed by atoms with Gasteiger partial charge in [0.05, 0.1) is 5.56 Å². The molecule has 0 aliphatic carbocycles. The Hall–Kier alpha value is -4.88. The number of carbonyl (C=O) groups excluding carboxylic acids is 1. The first-order valence-corrected chi connectivity index (χ1v) is 11.5. The molecular formula is C26H15F6N3O5. The number of hydrogen-bond acceptors (Lipinski definition) is 6. The zero-order chi connectivity index (χ0) is 28.2. The van der Waals surface area contributed by atoms with Gasteiger partial charge in [-0.15, -0.1) is 0 Å². The molecule has 14 heteroatoms. The highest BCUT2D eigenvalue weighted by Gasteiger charge is 2.66. The number of rotatable bonds is 5. The van der Waals surface area contributed by atoms with Crippen molar-refractivity contribution in [3.63, 3.8) is 0 Å². The molecule has 0 saturated carbocycles. The lowest BCUT2D eigenvalue weighted by atomic mass is 10.0. The first-order chi connectivity index (χ1) is 19.0. The predicted molar refractivity (Wildman–Crippen MR) is 126 cm³/mol. The van der Waals surface area contributed by atoms with Crippen molar-refractivity contribution in [1.29, 1.82) is 0 Å². The second-order valence-electron chi connectivity index (χ2n) is 8.64. The molecule has 3 aromatic carbocycles. The number of fused-ring (bicyclic) bond motifs is 2. The molecular weight excluding hydrogens is 548 g/mol. The molecule has 40 heavy (non-hydrogen) atoms. The molecule has 2 aliphatic rings. The van der Waals surface area contributed by atoms with Gasteiger partial charge in [-0.05, 0) is 60.2 Å². The quantitative estimate of drug-likeness (QED) is 0.272. The Kier molecular flexibility index (Phi) is 5.78. The zero-order valence-electron chi connectivity index (χ0n) is 19.8. The molecule has 1 N–H and O–H groups in total. The average Bonchev–Trinajstić information content (AvgIpc) is 3.60. The Balaban J connectivity index is 1.35. The van der Waals surface area contributed by atoms with E-state index in [9.17, 15) is 31.1 Å². The predicted octanol–water partition coefficient (Wildman–Crippen LogP) is 6.70. The molecule has 8 nitrogen and oxygen atoms in total. The number of ether oxygens (including phenoxy) is 4. The summed E-state index contributed by atoms with van der Waals surface area (Å²) in [4.78, 5) is 13.1. The summed E-state index contributed by atoms with van der Waals surface area (Å²) < 4.78 is 101. The standard InChI is InChI=1S/C26H15F6N3O5/c27-23(28)39-16-5-1-13(2-6-16)22-17(14-3-7-20-21(9-14)38-12-37-20)11-35(34-22)24(36)33-15-4-8-19-18(10-15)25(29,30)26(31,32)40-19/h1-11,23H,12H2,(H,33,36). The number of nitrogens with one attached hydrogen (secondary N) is 1. The number of halogens is 6. The van der Waals surface area contributed by atoms with Gasteiger partial charge in [0.15, 0.2) is 11.5 Å². The van der Waals surface area contributed by atoms with Gasteiger partial charge in [0.25, 0.3) is 0 Å². The number of anilines is 1. The number of amides is 1. The highest BCUT2D eigenvalue weighted by Crippen LogP contribution is 2.53. The van der Waals surface area contributed by atoms with Gasteiger partial charge in [0.1, 0.15) is 17.2 Å². The normalized spacial score (nSPS) is 16.0. The number of nitrogens with zero attached hydrogens (tertiary/aromatic N) is 2. The molecule has 1 amide bonds. The highest BCUT2D eigenvalue weighted by molar-refractivity contribution is 5.93. The SMILES string of the molecule is O=C(Nc1ccc2c(c1)C(F)(F)C(F)(F)O2)n1cc(-c2ccc3c(c2)OCO3)c(-c2ccc(OC(F)F)cc2)n1. The van der Waals surface area contributed by atoms with Crippen molar-refractivity contribution < 1.29 is 50.1 Å². The summed E-state index contributed by atoms with van der Waals surface area (Å²) >= 11 is 0. The molecule has 0 unspecified atom stereocenters. The maximum Gasteiger partial charge on any atom is 0.469 e. The lowest BCUT2D eigenvalue weighted by Crippen LogP contribution is -2.37. The minimum Gasteiger partial charge on any atom is -0.454 e. The Morgan fingerprint density at radius 3 is 2.38 bits per heavy atom. The summed E-state index contributed by atoms with van der Waals surface area (Å²) in [7, 11) is 0. The van der Waals surface area contributed by atoms with Gasteiger partial charge in [0, 0.05) is 23.0 Å². The molecule has 0 saturated heterocycles. The van der Waals surface area contributed by atoms with Crippen LogP contribution < -0.4 is 24.3 Å². The third-order valence-electron chi connectivity index (χ3n) is 6.13. The summed E-state index contributed by atoms with van der Waals surface area (Å²) in [6.07, 6.45) is -3.38. The molecule has 6 rings (SSSR count). The number of alkyl halides is 6. The van der Waals surface area contributed by atoms with Crippen molar-refractivity contribution in [2.45, 2.75) is 18.6 Å². The fourth-order valence-electron chi connectivity index (χ4n) is 4.24. The number of hydrogen-bond donors (Lipinski definition) is 1. The van der Waals surface area contributed by atoms with Crippen LogP contribution in [0, 0.1) is 0 Å². The van der Waals surface area contributed by atoms with Crippen LogP contribution in [0.25, 0.3) is 22.4 Å². The van der Waals surface area contributed by atoms with E-state index in [0.29, 0.717) is 34.3 Å². The Labute approximate surface area is 220 Å². The van der Waals surface area contributed by atoms with Gasteiger partial charge in [-0.2, -0.15) is 36.1 Å². The van der Waals surface area contributed by atoms with Crippen molar-refractivity contribution in [1.82, 2.24) is 9.78 Å². The van der Waals surface area contributed by atoms with Crippen LogP contribution in [-0.4, -0.2) is 35.3 Å². The first-order valence-electron chi connectivity index (χ1n) is 11.5. The van der Waals surface area contributed by atoms with Gasteiger partial charge >= 0.3 is 24.7 Å². The summed E-state index contributed by atoms with van der Waals surface area (Å²) in [6.45, 7) is -3.00. The van der Waals surface area contributed by atoms with E-state index in [1.807, 2.05) is 0 Å². The van der Waals surface area contributed by atoms with E-state index in [4.69, 9.17) is 9.47 Å². The van der Waals surface area contributed by atoms with Crippen LogP contribution in [0.2, 0.25) is 0 Å². The van der Waals surface area contributed by atoms with E-state index in [1.54, 1.807) is 18.2 Å². The van der Waals surface area contributed by atoms with Crippen molar-refractivity contribution >= 4 is 11.7 Å². The monoisotopic (exact) mass is 563 g/mol. The van der Waals surface area contributed by atoms with Crippen LogP contribution in [0.1, 0.15) is 5.56 Å². The van der Waals surface area contributed by atoms with Crippen LogP contribution in [0.3, 0.4) is 0 Å². The maximum atomic E-state index is 14.1. The number of carbonyl (C=O) groups is 1. The molecule has 2 aliphatic heterocycles. The van der Waals surface area contributed by atoms with E-state index in [-0.39, 0.29) is 23.9 Å². The van der Waals surface area contributed by atoms with Crippen LogP contribution >= 0.6 is 0 Å². The van der Waals surface area contributed by atoms with Gasteiger partial charge in [-0.1, -0.05) is 6.07 Å². The molecule has 3 heterocycles. The Bertz CT molecular complexity index is 1620. The summed E-state index contributed by atoms with van der Waals surface area (Å²) in [5, 5.41) is 6.66. The topological polar surface area (TPSA) is 83.8 Å². The minimum atomic E-state index is -4.73. The maximum absolute atomic E-state index is 14.1. The average molecular weight is 563 g/mol. The number of benzene rings is 3. The zero-order valence-corrected chi connectivity index (χ0v) is 19.8. The molecule has 1 aromatic heterocycles. The van der Waals surface area contributed by atoms with E-state index in [2.05, 4.69) is 19.9 Å². The third kappa shape index (κ3) is 4.30. The van der Waals surface area contributed by atoms with Crippen LogP contribution in [0.4, 0.5) is 36.8 Å². The Morgan fingerprint density at radius 2 is 1.62 bits per heavy atom. The van der Waals surface area contributed by atoms with Crippen molar-refractivity contribution in [3.8, 4) is 45.4 Å². The largest absolute Gasteiger partial charge is 0.469 e. The fraction of sp³-hybridized carbons (Fsp3) is 0.154. The smallest absolute Gasteiger partial charge is 0.454 e.